The van der Waals surface area contributed by atoms with Gasteiger partial charge in [-0.1, -0.05) is 13.8 Å². The molecule has 3 N–H and O–H groups in total. The summed E-state index contributed by atoms with van der Waals surface area (Å²) in [7, 11) is -3.16. The maximum atomic E-state index is 12.0. The van der Waals surface area contributed by atoms with Crippen LogP contribution in [0.1, 0.15) is 33.6 Å². The van der Waals surface area contributed by atoms with Gasteiger partial charge in [0, 0.05) is 19.1 Å². The molecule has 1 atom stereocenters. The molecule has 0 saturated carbocycles. The van der Waals surface area contributed by atoms with E-state index in [9.17, 15) is 13.2 Å². The fourth-order valence-corrected chi connectivity index (χ4v) is 2.96. The molecule has 1 aliphatic rings. The topological polar surface area (TPSA) is 92.5 Å². The van der Waals surface area contributed by atoms with E-state index in [4.69, 9.17) is 5.73 Å². The molecule has 0 aliphatic carbocycles. The van der Waals surface area contributed by atoms with Gasteiger partial charge in [-0.2, -0.15) is 0 Å². The number of carbonyl (C=O) groups is 1. The third-order valence-corrected chi connectivity index (χ3v) is 4.99. The quantitative estimate of drug-likeness (QED) is 0.740. The highest BCUT2D eigenvalue weighted by molar-refractivity contribution is 7.89. The highest BCUT2D eigenvalue weighted by Gasteiger charge is 2.28. The van der Waals surface area contributed by atoms with E-state index in [0.717, 1.165) is 0 Å². The van der Waals surface area contributed by atoms with Crippen LogP contribution >= 0.6 is 0 Å². The summed E-state index contributed by atoms with van der Waals surface area (Å²) in [5, 5.41) is 0. The van der Waals surface area contributed by atoms with Crippen LogP contribution in [-0.2, 0) is 14.8 Å². The number of nitrogens with zero attached hydrogens (tertiary/aromatic N) is 1. The molecule has 0 spiro atoms. The molecule has 1 fully saturated rings. The molecule has 1 amide bonds. The fraction of sp³-hybridized carbons (Fsp3) is 0.917. The van der Waals surface area contributed by atoms with Crippen molar-refractivity contribution in [2.45, 2.75) is 45.7 Å². The summed E-state index contributed by atoms with van der Waals surface area (Å²) in [6.45, 7) is 6.59. The van der Waals surface area contributed by atoms with Gasteiger partial charge in [0.2, 0.25) is 15.9 Å². The van der Waals surface area contributed by atoms with Crippen molar-refractivity contribution in [3.05, 3.63) is 0 Å². The Bertz CT molecular complexity index is 400. The van der Waals surface area contributed by atoms with E-state index in [1.54, 1.807) is 11.8 Å². The van der Waals surface area contributed by atoms with Gasteiger partial charge in [0.25, 0.3) is 0 Å². The van der Waals surface area contributed by atoms with Gasteiger partial charge in [-0.25, -0.2) is 13.1 Å². The highest BCUT2D eigenvalue weighted by atomic mass is 32.2. The number of carbonyl (C=O) groups excluding carboxylic acids is 1. The Morgan fingerprint density at radius 3 is 2.32 bits per heavy atom. The third kappa shape index (κ3) is 4.74. The largest absolute Gasteiger partial charge is 0.341 e. The predicted octanol–water partition coefficient (Wildman–Crippen LogP) is -0.1000. The molecule has 1 aliphatic heterocycles. The Balaban J connectivity index is 2.47. The number of hydrogen-bond acceptors (Lipinski definition) is 4. The van der Waals surface area contributed by atoms with Crippen LogP contribution < -0.4 is 10.5 Å². The number of sulfonamides is 1. The van der Waals surface area contributed by atoms with Gasteiger partial charge >= 0.3 is 0 Å². The molecule has 1 heterocycles. The van der Waals surface area contributed by atoms with E-state index in [1.807, 2.05) is 13.8 Å². The van der Waals surface area contributed by atoms with Crippen LogP contribution in [0, 0.1) is 5.92 Å². The Labute approximate surface area is 115 Å². The van der Waals surface area contributed by atoms with Gasteiger partial charge in [0.05, 0.1) is 11.8 Å². The van der Waals surface area contributed by atoms with Gasteiger partial charge in [-0.05, 0) is 25.7 Å². The molecule has 0 bridgehead atoms. The van der Waals surface area contributed by atoms with Gasteiger partial charge < -0.3 is 10.6 Å². The number of nitrogens with one attached hydrogen (secondary N) is 1. The summed E-state index contributed by atoms with van der Waals surface area (Å²) in [6.07, 6.45) is 1.30. The normalized spacial score (nSPS) is 19.7. The van der Waals surface area contributed by atoms with Crippen LogP contribution in [-0.4, -0.2) is 50.2 Å². The number of likely N-dealkylation sites (tertiary alicyclic amines) is 1. The summed E-state index contributed by atoms with van der Waals surface area (Å²) in [6, 6.07) is -0.534. The Morgan fingerprint density at radius 2 is 1.89 bits per heavy atom. The Hall–Kier alpha value is -0.660. The van der Waals surface area contributed by atoms with Gasteiger partial charge in [0.1, 0.15) is 0 Å². The van der Waals surface area contributed by atoms with Crippen molar-refractivity contribution in [1.29, 1.82) is 0 Å². The lowest BCUT2D eigenvalue weighted by molar-refractivity contribution is -0.134. The van der Waals surface area contributed by atoms with Crippen LogP contribution in [0.15, 0.2) is 0 Å². The van der Waals surface area contributed by atoms with E-state index in [2.05, 4.69) is 4.72 Å². The first-order valence-corrected chi connectivity index (χ1v) is 8.46. The average molecular weight is 291 g/mol. The van der Waals surface area contributed by atoms with Gasteiger partial charge in [-0.3, -0.25) is 4.79 Å². The van der Waals surface area contributed by atoms with E-state index >= 15 is 0 Å². The van der Waals surface area contributed by atoms with Crippen molar-refractivity contribution in [3.8, 4) is 0 Å². The molecule has 19 heavy (non-hydrogen) atoms. The minimum absolute atomic E-state index is 0.0354. The van der Waals surface area contributed by atoms with Crippen LogP contribution in [0.5, 0.6) is 0 Å². The second kappa shape index (κ2) is 6.67. The van der Waals surface area contributed by atoms with Crippen molar-refractivity contribution < 1.29 is 13.2 Å². The van der Waals surface area contributed by atoms with Crippen LogP contribution in [0.25, 0.3) is 0 Å². The molecule has 1 saturated heterocycles. The van der Waals surface area contributed by atoms with Crippen molar-refractivity contribution in [2.24, 2.45) is 11.7 Å². The fourth-order valence-electron chi connectivity index (χ4n) is 2.05. The van der Waals surface area contributed by atoms with Gasteiger partial charge in [-0.15, -0.1) is 0 Å². The van der Waals surface area contributed by atoms with E-state index in [-0.39, 0.29) is 23.6 Å². The maximum Gasteiger partial charge on any atom is 0.239 e. The molecular formula is C12H25N3O3S. The van der Waals surface area contributed by atoms with E-state index < -0.39 is 16.1 Å². The summed E-state index contributed by atoms with van der Waals surface area (Å²) < 4.78 is 25.6. The summed E-state index contributed by atoms with van der Waals surface area (Å²) in [5.74, 6) is 0.167. The second-order valence-electron chi connectivity index (χ2n) is 5.39. The van der Waals surface area contributed by atoms with Crippen LogP contribution in [0.2, 0.25) is 0 Å². The standard InChI is InChI=1S/C12H25N3O3S/c1-4-19(17,18)14-10-5-7-15(8-6-10)12(16)11(13)9(2)3/h9-11,14H,4-8,13H2,1-3H3/t11-/m1/s1. The molecule has 1 rings (SSSR count). The van der Waals surface area contributed by atoms with Crippen molar-refractivity contribution in [2.75, 3.05) is 18.8 Å². The Kier molecular flexibility index (Phi) is 5.76. The lowest BCUT2D eigenvalue weighted by Gasteiger charge is -2.34. The Morgan fingerprint density at radius 1 is 1.37 bits per heavy atom. The lowest BCUT2D eigenvalue weighted by Crippen LogP contribution is -2.52. The molecular weight excluding hydrogens is 266 g/mol. The van der Waals surface area contributed by atoms with E-state index in [1.165, 1.54) is 0 Å². The predicted molar refractivity (Wildman–Crippen MR) is 75.0 cm³/mol. The molecule has 0 aromatic rings. The van der Waals surface area contributed by atoms with E-state index in [0.29, 0.717) is 25.9 Å². The molecule has 0 aromatic carbocycles. The lowest BCUT2D eigenvalue weighted by atomic mass is 10.0. The SMILES string of the molecule is CCS(=O)(=O)NC1CCN(C(=O)[C@H](N)C(C)C)CC1. The molecule has 112 valence electrons. The van der Waals surface area contributed by atoms with Crippen LogP contribution in [0.3, 0.4) is 0 Å². The third-order valence-electron chi connectivity index (χ3n) is 3.54. The molecule has 7 heteroatoms. The monoisotopic (exact) mass is 291 g/mol. The minimum atomic E-state index is -3.16. The molecule has 0 aromatic heterocycles. The molecule has 6 nitrogen and oxygen atoms in total. The van der Waals surface area contributed by atoms with Gasteiger partial charge in [0.15, 0.2) is 0 Å². The number of hydrogen-bond donors (Lipinski definition) is 2. The zero-order valence-electron chi connectivity index (χ0n) is 11.9. The number of nitrogens with two attached hydrogens (primary N) is 1. The first kappa shape index (κ1) is 16.4. The number of rotatable bonds is 5. The number of piperidine rings is 1. The minimum Gasteiger partial charge on any atom is -0.341 e. The molecule has 0 radical (unpaired) electrons. The smallest absolute Gasteiger partial charge is 0.239 e. The number of amides is 1. The summed E-state index contributed by atoms with van der Waals surface area (Å²) >= 11 is 0. The summed E-state index contributed by atoms with van der Waals surface area (Å²) in [4.78, 5) is 13.8. The highest BCUT2D eigenvalue weighted by Crippen LogP contribution is 2.14. The second-order valence-corrected chi connectivity index (χ2v) is 7.43. The molecule has 0 unspecified atom stereocenters. The zero-order chi connectivity index (χ0) is 14.6. The maximum absolute atomic E-state index is 12.0. The first-order valence-electron chi connectivity index (χ1n) is 6.81. The van der Waals surface area contributed by atoms with Crippen molar-refractivity contribution >= 4 is 15.9 Å². The van der Waals surface area contributed by atoms with Crippen molar-refractivity contribution in [1.82, 2.24) is 9.62 Å². The zero-order valence-corrected chi connectivity index (χ0v) is 12.7. The summed E-state index contributed by atoms with van der Waals surface area (Å²) in [5.41, 5.74) is 5.85. The van der Waals surface area contributed by atoms with Crippen LogP contribution in [0.4, 0.5) is 0 Å². The first-order chi connectivity index (χ1) is 8.76. The van der Waals surface area contributed by atoms with Crippen molar-refractivity contribution in [3.63, 3.8) is 0 Å². The average Bonchev–Trinajstić information content (AvgIpc) is 2.37.